The first-order valence-electron chi connectivity index (χ1n) is 10.7. The predicted octanol–water partition coefficient (Wildman–Crippen LogP) is 5.07. The van der Waals surface area contributed by atoms with E-state index in [2.05, 4.69) is 91.7 Å². The standard InChI is InChI=1S/C23H35N5/c1-6-9-20-15-23(7-2,24-8-3)27-22(26-20)25-19-11-10-18-12-13-28(16-17(4)5)21(18)14-19/h10-15,17,24H,6-9,16H2,1-5H3,(H2,25,26,27). The molecule has 0 aliphatic carbocycles. The van der Waals surface area contributed by atoms with Crippen molar-refractivity contribution in [3.05, 3.63) is 42.2 Å². The summed E-state index contributed by atoms with van der Waals surface area (Å²) >= 11 is 0. The molecule has 0 fully saturated rings. The van der Waals surface area contributed by atoms with Crippen molar-refractivity contribution in [1.29, 1.82) is 0 Å². The van der Waals surface area contributed by atoms with Gasteiger partial charge in [-0.2, -0.15) is 0 Å². The van der Waals surface area contributed by atoms with Gasteiger partial charge in [-0.15, -0.1) is 0 Å². The Morgan fingerprint density at radius 3 is 2.68 bits per heavy atom. The molecule has 5 nitrogen and oxygen atoms in total. The summed E-state index contributed by atoms with van der Waals surface area (Å²) in [5.41, 5.74) is 3.20. The first-order chi connectivity index (χ1) is 13.5. The Morgan fingerprint density at radius 2 is 2.00 bits per heavy atom. The number of nitrogens with one attached hydrogen (secondary N) is 3. The molecule has 1 unspecified atom stereocenters. The number of hydrogen-bond acceptors (Lipinski definition) is 4. The minimum absolute atomic E-state index is 0.338. The lowest BCUT2D eigenvalue weighted by atomic mass is 10.0. The van der Waals surface area contributed by atoms with Crippen LogP contribution in [0.15, 0.2) is 47.2 Å². The van der Waals surface area contributed by atoms with Crippen LogP contribution in [0.5, 0.6) is 0 Å². The van der Waals surface area contributed by atoms with Gasteiger partial charge >= 0.3 is 0 Å². The summed E-state index contributed by atoms with van der Waals surface area (Å²) in [6.07, 6.45) is 7.47. The summed E-state index contributed by atoms with van der Waals surface area (Å²) in [4.78, 5) is 4.99. The van der Waals surface area contributed by atoms with Crippen LogP contribution in [-0.4, -0.2) is 22.7 Å². The first-order valence-corrected chi connectivity index (χ1v) is 10.7. The van der Waals surface area contributed by atoms with E-state index < -0.39 is 0 Å². The van der Waals surface area contributed by atoms with E-state index >= 15 is 0 Å². The molecule has 0 saturated carbocycles. The maximum absolute atomic E-state index is 4.99. The van der Waals surface area contributed by atoms with Gasteiger partial charge in [0.2, 0.25) is 5.96 Å². The second-order valence-corrected chi connectivity index (χ2v) is 8.07. The van der Waals surface area contributed by atoms with E-state index in [4.69, 9.17) is 4.99 Å². The van der Waals surface area contributed by atoms with E-state index in [1.807, 2.05) is 0 Å². The van der Waals surface area contributed by atoms with E-state index in [1.165, 1.54) is 16.6 Å². The fraction of sp³-hybridized carbons (Fsp3) is 0.522. The third-order valence-corrected chi connectivity index (χ3v) is 5.14. The van der Waals surface area contributed by atoms with Crippen LogP contribution in [0.25, 0.3) is 10.9 Å². The Hall–Kier alpha value is -2.27. The number of nitrogens with zero attached hydrogens (tertiary/aromatic N) is 2. The van der Waals surface area contributed by atoms with E-state index in [0.717, 1.165) is 44.0 Å². The third-order valence-electron chi connectivity index (χ3n) is 5.14. The molecule has 28 heavy (non-hydrogen) atoms. The maximum atomic E-state index is 4.99. The predicted molar refractivity (Wildman–Crippen MR) is 121 cm³/mol. The van der Waals surface area contributed by atoms with Crippen molar-refractivity contribution < 1.29 is 0 Å². The number of hydrogen-bond donors (Lipinski definition) is 3. The minimum atomic E-state index is -0.338. The molecule has 1 aliphatic rings. The quantitative estimate of drug-likeness (QED) is 0.598. The van der Waals surface area contributed by atoms with Crippen LogP contribution in [0.1, 0.15) is 53.9 Å². The second kappa shape index (κ2) is 8.82. The van der Waals surface area contributed by atoms with Gasteiger partial charge in [0.15, 0.2) is 0 Å². The highest BCUT2D eigenvalue weighted by Gasteiger charge is 2.28. The normalized spacial score (nSPS) is 19.5. The van der Waals surface area contributed by atoms with E-state index in [9.17, 15) is 0 Å². The Balaban J connectivity index is 1.88. The summed E-state index contributed by atoms with van der Waals surface area (Å²) in [5, 5.41) is 11.8. The molecule has 1 atom stereocenters. The molecule has 1 aromatic heterocycles. The van der Waals surface area contributed by atoms with Crippen molar-refractivity contribution in [1.82, 2.24) is 15.2 Å². The largest absolute Gasteiger partial charge is 0.347 e. The van der Waals surface area contributed by atoms with Crippen LogP contribution < -0.4 is 16.0 Å². The number of rotatable bonds is 8. The van der Waals surface area contributed by atoms with Crippen molar-refractivity contribution in [3.63, 3.8) is 0 Å². The third kappa shape index (κ3) is 4.58. The van der Waals surface area contributed by atoms with Gasteiger partial charge in [0, 0.05) is 24.1 Å². The molecule has 0 amide bonds. The molecule has 0 saturated heterocycles. The van der Waals surface area contributed by atoms with Crippen molar-refractivity contribution in [2.75, 3.05) is 11.9 Å². The zero-order chi connectivity index (χ0) is 20.1. The first kappa shape index (κ1) is 20.5. The highest BCUT2D eigenvalue weighted by molar-refractivity contribution is 5.97. The smallest absolute Gasteiger partial charge is 0.202 e. The van der Waals surface area contributed by atoms with Gasteiger partial charge in [-0.3, -0.25) is 5.32 Å². The molecular formula is C23H35N5. The van der Waals surface area contributed by atoms with E-state index in [1.54, 1.807) is 0 Å². The Morgan fingerprint density at radius 1 is 1.18 bits per heavy atom. The highest BCUT2D eigenvalue weighted by Crippen LogP contribution is 2.24. The minimum Gasteiger partial charge on any atom is -0.347 e. The highest BCUT2D eigenvalue weighted by atomic mass is 15.3. The van der Waals surface area contributed by atoms with Gasteiger partial charge < -0.3 is 15.2 Å². The summed E-state index contributed by atoms with van der Waals surface area (Å²) in [7, 11) is 0. The molecule has 5 heteroatoms. The van der Waals surface area contributed by atoms with Crippen molar-refractivity contribution >= 4 is 22.5 Å². The number of likely N-dealkylation sites (N-methyl/N-ethyl adjacent to an activating group) is 1. The zero-order valence-corrected chi connectivity index (χ0v) is 18.0. The number of aromatic nitrogens is 1. The second-order valence-electron chi connectivity index (χ2n) is 8.07. The van der Waals surface area contributed by atoms with Gasteiger partial charge in [0.1, 0.15) is 5.66 Å². The van der Waals surface area contributed by atoms with E-state index in [0.29, 0.717) is 5.92 Å². The summed E-state index contributed by atoms with van der Waals surface area (Å²) < 4.78 is 2.33. The maximum Gasteiger partial charge on any atom is 0.202 e. The molecule has 2 aromatic rings. The number of guanidine groups is 1. The van der Waals surface area contributed by atoms with Gasteiger partial charge in [-0.25, -0.2) is 4.99 Å². The number of aliphatic imine (C=N–C) groups is 1. The van der Waals surface area contributed by atoms with Gasteiger partial charge in [-0.1, -0.05) is 47.1 Å². The molecule has 1 aliphatic heterocycles. The Bertz CT molecular complexity index is 861. The summed E-state index contributed by atoms with van der Waals surface area (Å²) in [6, 6.07) is 8.72. The molecule has 0 bridgehead atoms. The molecule has 2 heterocycles. The zero-order valence-electron chi connectivity index (χ0n) is 18.0. The van der Waals surface area contributed by atoms with Crippen molar-refractivity contribution in [2.45, 2.75) is 66.1 Å². The average molecular weight is 382 g/mol. The molecule has 0 radical (unpaired) electrons. The van der Waals surface area contributed by atoms with Crippen molar-refractivity contribution in [2.24, 2.45) is 10.9 Å². The fourth-order valence-electron chi connectivity index (χ4n) is 3.85. The monoisotopic (exact) mass is 381 g/mol. The lowest BCUT2D eigenvalue weighted by molar-refractivity contribution is 0.405. The van der Waals surface area contributed by atoms with Crippen LogP contribution in [0.4, 0.5) is 5.69 Å². The Kier molecular flexibility index (Phi) is 6.45. The molecule has 1 aromatic carbocycles. The molecular weight excluding hydrogens is 346 g/mol. The molecule has 3 N–H and O–H groups in total. The topological polar surface area (TPSA) is 53.4 Å². The summed E-state index contributed by atoms with van der Waals surface area (Å²) in [5.74, 6) is 1.43. The van der Waals surface area contributed by atoms with Crippen LogP contribution in [0, 0.1) is 5.92 Å². The molecule has 3 rings (SSSR count). The molecule has 152 valence electrons. The van der Waals surface area contributed by atoms with E-state index in [-0.39, 0.29) is 5.66 Å². The fourth-order valence-corrected chi connectivity index (χ4v) is 3.85. The molecule has 0 spiro atoms. The average Bonchev–Trinajstić information content (AvgIpc) is 3.04. The summed E-state index contributed by atoms with van der Waals surface area (Å²) in [6.45, 7) is 12.9. The van der Waals surface area contributed by atoms with Gasteiger partial charge in [-0.05, 0) is 55.0 Å². The number of anilines is 1. The van der Waals surface area contributed by atoms with Crippen LogP contribution >= 0.6 is 0 Å². The van der Waals surface area contributed by atoms with Crippen LogP contribution in [0.2, 0.25) is 0 Å². The van der Waals surface area contributed by atoms with Gasteiger partial charge in [0.25, 0.3) is 0 Å². The number of benzene rings is 1. The Labute approximate surface area is 169 Å². The van der Waals surface area contributed by atoms with Crippen molar-refractivity contribution in [3.8, 4) is 0 Å². The van der Waals surface area contributed by atoms with Crippen LogP contribution in [0.3, 0.4) is 0 Å². The van der Waals surface area contributed by atoms with Crippen LogP contribution in [-0.2, 0) is 6.54 Å². The van der Waals surface area contributed by atoms with Gasteiger partial charge in [0.05, 0.1) is 5.52 Å². The number of allylic oxidation sites excluding steroid dienone is 1. The SMILES string of the molecule is CCCC1=CC(CC)(NCC)N=C(Nc2ccc3ccn(CC(C)C)c3c2)N1. The lowest BCUT2D eigenvalue weighted by Gasteiger charge is -2.33. The number of fused-ring (bicyclic) bond motifs is 1. The lowest BCUT2D eigenvalue weighted by Crippen LogP contribution is -2.48.